The van der Waals surface area contributed by atoms with Crippen molar-refractivity contribution in [3.63, 3.8) is 0 Å². The van der Waals surface area contributed by atoms with Crippen molar-refractivity contribution in [1.29, 1.82) is 0 Å². The number of hydrogen-bond acceptors (Lipinski definition) is 2. The van der Waals surface area contributed by atoms with Crippen molar-refractivity contribution in [2.24, 2.45) is 0 Å². The maximum atomic E-state index is 2.40. The van der Waals surface area contributed by atoms with Crippen LogP contribution in [0.4, 0.5) is 34.1 Å². The van der Waals surface area contributed by atoms with Crippen LogP contribution in [0.5, 0.6) is 0 Å². The van der Waals surface area contributed by atoms with Crippen LogP contribution in [-0.4, -0.2) is 0 Å². The Balaban J connectivity index is 0.855. The summed E-state index contributed by atoms with van der Waals surface area (Å²) in [6, 6.07) is 101. The third kappa shape index (κ3) is 7.08. The molecule has 0 spiro atoms. The molecule has 67 heavy (non-hydrogen) atoms. The first-order chi connectivity index (χ1) is 33.2. The molecule has 0 N–H and O–H groups in total. The molecule has 0 saturated carbocycles. The Morgan fingerprint density at radius 3 is 1.10 bits per heavy atom. The minimum atomic E-state index is -0.437. The molecule has 0 fully saturated rings. The summed E-state index contributed by atoms with van der Waals surface area (Å²) in [5, 5.41) is 2.46. The lowest BCUT2D eigenvalue weighted by atomic mass is 9.68. The third-order valence-electron chi connectivity index (χ3n) is 13.5. The molecule has 0 bridgehead atoms. The highest BCUT2D eigenvalue weighted by Gasteiger charge is 2.46. The summed E-state index contributed by atoms with van der Waals surface area (Å²) in [7, 11) is 0. The minimum absolute atomic E-state index is 0.437. The van der Waals surface area contributed by atoms with Crippen molar-refractivity contribution in [3.05, 3.63) is 301 Å². The second-order valence-corrected chi connectivity index (χ2v) is 17.3. The SMILES string of the molecule is c1ccc(N(c2ccc(-c3ccc(-c4ccc(N(c5ccccc5)c5ccc6ccccc6c5)cc4)cc3)cc2)c2ccc3c(c2)-c2ccccc2C3(c2ccccc2)c2ccccc2)cc1. The summed E-state index contributed by atoms with van der Waals surface area (Å²) >= 11 is 0. The predicted octanol–water partition coefficient (Wildman–Crippen LogP) is 17.5. The monoisotopic (exact) mass is 854 g/mol. The molecular weight excluding hydrogens is 809 g/mol. The lowest BCUT2D eigenvalue weighted by molar-refractivity contribution is 0.768. The van der Waals surface area contributed by atoms with E-state index >= 15 is 0 Å². The van der Waals surface area contributed by atoms with Crippen LogP contribution >= 0.6 is 0 Å². The Morgan fingerprint density at radius 1 is 0.224 bits per heavy atom. The van der Waals surface area contributed by atoms with Gasteiger partial charge in [-0.15, -0.1) is 0 Å². The molecule has 2 nitrogen and oxygen atoms in total. The quantitative estimate of drug-likeness (QED) is 0.135. The van der Waals surface area contributed by atoms with E-state index < -0.39 is 5.41 Å². The second-order valence-electron chi connectivity index (χ2n) is 17.3. The fourth-order valence-corrected chi connectivity index (χ4v) is 10.4. The van der Waals surface area contributed by atoms with Crippen LogP contribution in [0.25, 0.3) is 44.2 Å². The van der Waals surface area contributed by atoms with E-state index in [1.165, 1.54) is 66.4 Å². The summed E-state index contributed by atoms with van der Waals surface area (Å²) in [5.74, 6) is 0. The Bertz CT molecular complexity index is 3440. The lowest BCUT2D eigenvalue weighted by Gasteiger charge is -2.34. The Labute approximate surface area is 393 Å². The van der Waals surface area contributed by atoms with Gasteiger partial charge in [-0.05, 0) is 139 Å². The summed E-state index contributed by atoms with van der Waals surface area (Å²) in [6.07, 6.45) is 0. The van der Waals surface area contributed by atoms with Gasteiger partial charge in [-0.25, -0.2) is 0 Å². The van der Waals surface area contributed by atoms with Gasteiger partial charge in [0, 0.05) is 34.1 Å². The van der Waals surface area contributed by atoms with Crippen LogP contribution in [0, 0.1) is 0 Å². The van der Waals surface area contributed by atoms with Crippen LogP contribution in [0.15, 0.2) is 279 Å². The van der Waals surface area contributed by atoms with Gasteiger partial charge in [0.15, 0.2) is 0 Å². The molecule has 11 aromatic rings. The van der Waals surface area contributed by atoms with E-state index in [0.29, 0.717) is 0 Å². The molecule has 0 heterocycles. The molecule has 0 radical (unpaired) electrons. The summed E-state index contributed by atoms with van der Waals surface area (Å²) < 4.78 is 0. The highest BCUT2D eigenvalue weighted by molar-refractivity contribution is 5.92. The first kappa shape index (κ1) is 39.8. The number of anilines is 6. The van der Waals surface area contributed by atoms with Crippen molar-refractivity contribution in [2.75, 3.05) is 9.80 Å². The number of hydrogen-bond donors (Lipinski definition) is 0. The number of benzene rings is 11. The Kier molecular flexibility index (Phi) is 10.1. The van der Waals surface area contributed by atoms with Gasteiger partial charge in [0.25, 0.3) is 0 Å². The smallest absolute Gasteiger partial charge is 0.0713 e. The minimum Gasteiger partial charge on any atom is -0.310 e. The van der Waals surface area contributed by atoms with Crippen molar-refractivity contribution in [2.45, 2.75) is 5.41 Å². The van der Waals surface area contributed by atoms with Crippen molar-refractivity contribution in [3.8, 4) is 33.4 Å². The molecule has 0 aromatic heterocycles. The first-order valence-corrected chi connectivity index (χ1v) is 23.1. The van der Waals surface area contributed by atoms with Crippen molar-refractivity contribution < 1.29 is 0 Å². The van der Waals surface area contributed by atoms with E-state index in [1.807, 2.05) is 0 Å². The van der Waals surface area contributed by atoms with Crippen molar-refractivity contribution >= 4 is 44.9 Å². The zero-order valence-electron chi connectivity index (χ0n) is 37.0. The summed E-state index contributed by atoms with van der Waals surface area (Å²) in [4.78, 5) is 4.71. The van der Waals surface area contributed by atoms with E-state index in [4.69, 9.17) is 0 Å². The van der Waals surface area contributed by atoms with Gasteiger partial charge in [0.05, 0.1) is 5.41 Å². The van der Waals surface area contributed by atoms with E-state index in [1.54, 1.807) is 0 Å². The fourth-order valence-electron chi connectivity index (χ4n) is 10.4. The summed E-state index contributed by atoms with van der Waals surface area (Å²) in [6.45, 7) is 0. The van der Waals surface area contributed by atoms with Gasteiger partial charge >= 0.3 is 0 Å². The van der Waals surface area contributed by atoms with Crippen LogP contribution in [0.1, 0.15) is 22.3 Å². The van der Waals surface area contributed by atoms with Crippen LogP contribution in [0.2, 0.25) is 0 Å². The largest absolute Gasteiger partial charge is 0.310 e. The number of fused-ring (bicyclic) bond motifs is 4. The first-order valence-electron chi connectivity index (χ1n) is 23.1. The van der Waals surface area contributed by atoms with E-state index in [-0.39, 0.29) is 0 Å². The third-order valence-corrected chi connectivity index (χ3v) is 13.5. The molecule has 11 aromatic carbocycles. The highest BCUT2D eigenvalue weighted by Crippen LogP contribution is 2.57. The zero-order chi connectivity index (χ0) is 44.6. The molecule has 0 aliphatic heterocycles. The molecular formula is C65H46N2. The highest BCUT2D eigenvalue weighted by atomic mass is 15.1. The van der Waals surface area contributed by atoms with Gasteiger partial charge in [-0.1, -0.05) is 206 Å². The lowest BCUT2D eigenvalue weighted by Crippen LogP contribution is -2.28. The normalized spacial score (nSPS) is 12.3. The maximum Gasteiger partial charge on any atom is 0.0713 e. The molecule has 0 amide bonds. The fraction of sp³-hybridized carbons (Fsp3) is 0.0154. The molecule has 316 valence electrons. The predicted molar refractivity (Wildman–Crippen MR) is 281 cm³/mol. The average molecular weight is 855 g/mol. The topological polar surface area (TPSA) is 6.48 Å². The van der Waals surface area contributed by atoms with Gasteiger partial charge in [0.2, 0.25) is 0 Å². The molecule has 2 heteroatoms. The summed E-state index contributed by atoms with van der Waals surface area (Å²) in [5.41, 5.74) is 18.6. The molecule has 0 atom stereocenters. The number of para-hydroxylation sites is 2. The van der Waals surface area contributed by atoms with Crippen molar-refractivity contribution in [1.82, 2.24) is 0 Å². The Hall–Kier alpha value is -8.72. The molecule has 1 aliphatic rings. The Morgan fingerprint density at radius 2 is 0.582 bits per heavy atom. The van der Waals surface area contributed by atoms with Gasteiger partial charge in [-0.2, -0.15) is 0 Å². The zero-order valence-corrected chi connectivity index (χ0v) is 37.0. The second kappa shape index (κ2) is 17.0. The van der Waals surface area contributed by atoms with E-state index in [0.717, 1.165) is 34.1 Å². The standard InChI is InChI=1S/C65H46N2/c1-5-19-53(20-6-1)65(54-21-7-2-8-22-54)63-28-16-15-27-61(63)62-46-60(43-44-64(62)65)67(56-25-11-4-12-26-56)58-40-35-51(36-41-58)49-31-29-48(30-32-49)50-33-38-57(39-34-50)66(55-23-9-3-10-24-55)59-42-37-47-17-13-14-18-52(47)45-59/h1-46H. The average Bonchev–Trinajstić information content (AvgIpc) is 3.71. The molecule has 0 unspecified atom stereocenters. The van der Waals surface area contributed by atoms with Crippen LogP contribution in [-0.2, 0) is 5.41 Å². The molecule has 0 saturated heterocycles. The van der Waals surface area contributed by atoms with Crippen LogP contribution < -0.4 is 9.80 Å². The van der Waals surface area contributed by atoms with Gasteiger partial charge in [-0.3, -0.25) is 0 Å². The maximum absolute atomic E-state index is 2.40. The van der Waals surface area contributed by atoms with E-state index in [9.17, 15) is 0 Å². The molecule has 12 rings (SSSR count). The number of nitrogens with zero attached hydrogens (tertiary/aromatic N) is 2. The molecule has 1 aliphatic carbocycles. The van der Waals surface area contributed by atoms with Gasteiger partial charge in [0.1, 0.15) is 0 Å². The number of rotatable bonds is 10. The van der Waals surface area contributed by atoms with Gasteiger partial charge < -0.3 is 9.80 Å². The van der Waals surface area contributed by atoms with Crippen LogP contribution in [0.3, 0.4) is 0 Å². The van der Waals surface area contributed by atoms with E-state index in [2.05, 4.69) is 289 Å².